The van der Waals surface area contributed by atoms with Gasteiger partial charge in [-0.15, -0.1) is 0 Å². The Bertz CT molecular complexity index is 2850. The normalized spacial score (nSPS) is 12.2. The Morgan fingerprint density at radius 2 is 1.29 bits per heavy atom. The lowest BCUT2D eigenvalue weighted by Crippen LogP contribution is -1.95. The average molecular weight is 575 g/mol. The molecule has 0 N–H and O–H groups in total. The second kappa shape index (κ2) is 8.77. The minimum Gasteiger partial charge on any atom is -0.309 e. The Morgan fingerprint density at radius 1 is 0.600 bits per heavy atom. The summed E-state index contributed by atoms with van der Waals surface area (Å²) >= 11 is 0. The van der Waals surface area contributed by atoms with Crippen LogP contribution in [0.2, 0.25) is 0 Å². The van der Waals surface area contributed by atoms with Gasteiger partial charge < -0.3 is 4.57 Å². The SMILES string of the molecule is C=Cc1ccccc1-c1ccc2c(c1C)c1ccccc1n2-c1cc2c3ccccc3n3c4nc5ccccc5nc4c(c1)c23. The van der Waals surface area contributed by atoms with Gasteiger partial charge in [-0.1, -0.05) is 91.5 Å². The topological polar surface area (TPSA) is 35.1 Å². The standard InChI is InChI=1S/C41H26N4/c1-3-25-12-4-5-13-28(25)27-20-21-37-38(24(27)2)30-15-7-11-19-36(30)44(37)26-22-31-29-14-6-10-18-35(29)45-40(31)32(23-26)39-41(45)43-34-17-9-8-16-33(34)42-39/h3-23H,1H2,2H3. The van der Waals surface area contributed by atoms with Crippen molar-refractivity contribution in [3.8, 4) is 16.8 Å². The Hall–Kier alpha value is -6.00. The number of aromatic nitrogens is 4. The molecular weight excluding hydrogens is 548 g/mol. The molecule has 0 unspecified atom stereocenters. The summed E-state index contributed by atoms with van der Waals surface area (Å²) in [5.41, 5.74) is 14.3. The molecule has 0 aliphatic carbocycles. The van der Waals surface area contributed by atoms with Crippen LogP contribution in [0.4, 0.5) is 0 Å². The first-order valence-electron chi connectivity index (χ1n) is 15.3. The van der Waals surface area contributed by atoms with Gasteiger partial charge >= 0.3 is 0 Å². The highest BCUT2D eigenvalue weighted by Gasteiger charge is 2.23. The third-order valence-corrected chi connectivity index (χ3v) is 9.60. The van der Waals surface area contributed by atoms with E-state index in [9.17, 15) is 0 Å². The van der Waals surface area contributed by atoms with Crippen LogP contribution in [-0.4, -0.2) is 18.9 Å². The molecule has 210 valence electrons. The van der Waals surface area contributed by atoms with E-state index in [1.807, 2.05) is 30.3 Å². The molecule has 0 aliphatic rings. The molecule has 0 aliphatic heterocycles. The van der Waals surface area contributed by atoms with Crippen molar-refractivity contribution in [2.45, 2.75) is 6.92 Å². The fourth-order valence-corrected chi connectivity index (χ4v) is 7.66. The molecule has 10 rings (SSSR count). The quantitative estimate of drug-likeness (QED) is 0.210. The molecule has 4 nitrogen and oxygen atoms in total. The van der Waals surface area contributed by atoms with Gasteiger partial charge in [0.2, 0.25) is 0 Å². The molecule has 0 bridgehead atoms. The van der Waals surface area contributed by atoms with Crippen molar-refractivity contribution in [1.82, 2.24) is 18.9 Å². The number of hydrogen-bond acceptors (Lipinski definition) is 2. The minimum absolute atomic E-state index is 0.899. The highest BCUT2D eigenvalue weighted by atomic mass is 15.0. The van der Waals surface area contributed by atoms with E-state index in [1.54, 1.807) is 0 Å². The summed E-state index contributed by atoms with van der Waals surface area (Å²) < 4.78 is 4.73. The van der Waals surface area contributed by atoms with Crippen LogP contribution in [0.25, 0.3) is 94.1 Å². The largest absolute Gasteiger partial charge is 0.309 e. The average Bonchev–Trinajstić information content (AvgIpc) is 3.72. The summed E-state index contributed by atoms with van der Waals surface area (Å²) in [5, 5.41) is 6.06. The van der Waals surface area contributed by atoms with Gasteiger partial charge in [-0.25, -0.2) is 9.97 Å². The molecular formula is C41H26N4. The van der Waals surface area contributed by atoms with E-state index in [0.29, 0.717) is 0 Å². The third kappa shape index (κ3) is 3.15. The predicted molar refractivity (Wildman–Crippen MR) is 189 cm³/mol. The summed E-state index contributed by atoms with van der Waals surface area (Å²) in [6.45, 7) is 6.33. The van der Waals surface area contributed by atoms with Crippen molar-refractivity contribution in [3.05, 3.63) is 139 Å². The van der Waals surface area contributed by atoms with Gasteiger partial charge in [0.25, 0.3) is 0 Å². The number of fused-ring (bicyclic) bond motifs is 10. The number of hydrogen-bond donors (Lipinski definition) is 0. The van der Waals surface area contributed by atoms with Crippen LogP contribution < -0.4 is 0 Å². The molecule has 4 aromatic heterocycles. The maximum atomic E-state index is 5.20. The van der Waals surface area contributed by atoms with Crippen LogP contribution >= 0.6 is 0 Å². The van der Waals surface area contributed by atoms with E-state index in [2.05, 4.69) is 120 Å². The fraction of sp³-hybridized carbons (Fsp3) is 0.0244. The summed E-state index contributed by atoms with van der Waals surface area (Å²) in [6, 6.07) is 43.3. The van der Waals surface area contributed by atoms with E-state index in [1.165, 1.54) is 54.8 Å². The molecule has 4 heterocycles. The number of para-hydroxylation sites is 4. The summed E-state index contributed by atoms with van der Waals surface area (Å²) in [4.78, 5) is 10.4. The second-order valence-electron chi connectivity index (χ2n) is 11.9. The highest BCUT2D eigenvalue weighted by molar-refractivity contribution is 6.23. The van der Waals surface area contributed by atoms with Crippen LogP contribution in [0.15, 0.2) is 128 Å². The van der Waals surface area contributed by atoms with Gasteiger partial charge in [0.15, 0.2) is 5.65 Å². The van der Waals surface area contributed by atoms with Gasteiger partial charge in [0.1, 0.15) is 5.52 Å². The molecule has 4 heteroatoms. The predicted octanol–water partition coefficient (Wildman–Crippen LogP) is 10.5. The Morgan fingerprint density at radius 3 is 2.13 bits per heavy atom. The van der Waals surface area contributed by atoms with Crippen molar-refractivity contribution < 1.29 is 0 Å². The van der Waals surface area contributed by atoms with Gasteiger partial charge in [-0.2, -0.15) is 0 Å². The second-order valence-corrected chi connectivity index (χ2v) is 11.9. The maximum absolute atomic E-state index is 5.20. The fourth-order valence-electron chi connectivity index (χ4n) is 7.66. The van der Waals surface area contributed by atoms with E-state index in [0.717, 1.165) is 44.4 Å². The molecule has 0 fully saturated rings. The van der Waals surface area contributed by atoms with Crippen LogP contribution in [0.3, 0.4) is 0 Å². The maximum Gasteiger partial charge on any atom is 0.165 e. The van der Waals surface area contributed by atoms with Crippen molar-refractivity contribution in [3.63, 3.8) is 0 Å². The minimum atomic E-state index is 0.899. The molecule has 10 aromatic rings. The summed E-state index contributed by atoms with van der Waals surface area (Å²) in [6.07, 6.45) is 1.95. The molecule has 0 spiro atoms. The molecule has 45 heavy (non-hydrogen) atoms. The first kappa shape index (κ1) is 24.4. The van der Waals surface area contributed by atoms with Crippen molar-refractivity contribution in [2.24, 2.45) is 0 Å². The number of benzene rings is 6. The Labute approximate surface area is 258 Å². The smallest absolute Gasteiger partial charge is 0.165 e. The number of aryl methyl sites for hydroxylation is 1. The molecule has 0 saturated carbocycles. The molecule has 0 saturated heterocycles. The van der Waals surface area contributed by atoms with Crippen LogP contribution in [0, 0.1) is 6.92 Å². The number of nitrogens with zero attached hydrogens (tertiary/aromatic N) is 4. The lowest BCUT2D eigenvalue weighted by molar-refractivity contribution is 1.19. The van der Waals surface area contributed by atoms with Crippen molar-refractivity contribution in [2.75, 3.05) is 0 Å². The summed E-state index contributed by atoms with van der Waals surface area (Å²) in [7, 11) is 0. The first-order chi connectivity index (χ1) is 22.2. The first-order valence-corrected chi connectivity index (χ1v) is 15.3. The van der Waals surface area contributed by atoms with Gasteiger partial charge in [0, 0.05) is 32.6 Å². The molecule has 0 atom stereocenters. The van der Waals surface area contributed by atoms with E-state index < -0.39 is 0 Å². The zero-order chi connectivity index (χ0) is 29.8. The van der Waals surface area contributed by atoms with E-state index >= 15 is 0 Å². The van der Waals surface area contributed by atoms with Gasteiger partial charge in [-0.05, 0) is 71.6 Å². The number of rotatable bonds is 3. The zero-order valence-electron chi connectivity index (χ0n) is 24.6. The Kier molecular flexibility index (Phi) is 4.77. The summed E-state index contributed by atoms with van der Waals surface area (Å²) in [5.74, 6) is 0. The highest BCUT2D eigenvalue weighted by Crippen LogP contribution is 2.43. The van der Waals surface area contributed by atoms with Crippen LogP contribution in [-0.2, 0) is 0 Å². The third-order valence-electron chi connectivity index (χ3n) is 9.60. The van der Waals surface area contributed by atoms with Crippen LogP contribution in [0.5, 0.6) is 0 Å². The van der Waals surface area contributed by atoms with Crippen molar-refractivity contribution >= 4 is 77.3 Å². The zero-order valence-corrected chi connectivity index (χ0v) is 24.6. The van der Waals surface area contributed by atoms with Gasteiger partial charge in [-0.3, -0.25) is 4.40 Å². The van der Waals surface area contributed by atoms with Gasteiger partial charge in [0.05, 0.1) is 33.1 Å². The molecule has 0 amide bonds. The monoisotopic (exact) mass is 574 g/mol. The lowest BCUT2D eigenvalue weighted by Gasteiger charge is -2.13. The lowest BCUT2D eigenvalue weighted by atomic mass is 9.93. The van der Waals surface area contributed by atoms with Crippen molar-refractivity contribution in [1.29, 1.82) is 0 Å². The Balaban J connectivity index is 1.35. The van der Waals surface area contributed by atoms with Crippen LogP contribution in [0.1, 0.15) is 11.1 Å². The molecule has 6 aromatic carbocycles. The molecule has 0 radical (unpaired) electrons. The van der Waals surface area contributed by atoms with E-state index in [4.69, 9.17) is 9.97 Å². The van der Waals surface area contributed by atoms with E-state index in [-0.39, 0.29) is 0 Å².